The van der Waals surface area contributed by atoms with Crippen LogP contribution in [0, 0.1) is 0 Å². The Labute approximate surface area is 183 Å². The van der Waals surface area contributed by atoms with E-state index in [4.69, 9.17) is 4.74 Å². The first-order valence-corrected chi connectivity index (χ1v) is 10.6. The van der Waals surface area contributed by atoms with E-state index in [1.807, 2.05) is 25.1 Å². The minimum Gasteiger partial charge on any atom is -0.508 e. The van der Waals surface area contributed by atoms with Gasteiger partial charge in [-0.2, -0.15) is 0 Å². The number of nitrogens with one attached hydrogen (secondary N) is 3. The number of phenolic OH excluding ortho intramolecular Hbond substituents is 1. The second-order valence-corrected chi connectivity index (χ2v) is 7.31. The number of hydrogen-bond donors (Lipinski definition) is 4. The Bertz CT molecular complexity index is 885. The van der Waals surface area contributed by atoms with Gasteiger partial charge >= 0.3 is 0 Å². The number of ether oxygens (including phenoxy) is 1. The van der Waals surface area contributed by atoms with Crippen molar-refractivity contribution in [2.24, 2.45) is 4.99 Å². The van der Waals surface area contributed by atoms with Crippen molar-refractivity contribution < 1.29 is 14.6 Å². The minimum absolute atomic E-state index is 0.138. The summed E-state index contributed by atoms with van der Waals surface area (Å²) in [4.78, 5) is 19.0. The van der Waals surface area contributed by atoms with Crippen LogP contribution in [-0.4, -0.2) is 62.8 Å². The van der Waals surface area contributed by atoms with Crippen LogP contribution in [0.3, 0.4) is 0 Å². The van der Waals surface area contributed by atoms with Gasteiger partial charge in [-0.1, -0.05) is 12.1 Å². The van der Waals surface area contributed by atoms with Crippen molar-refractivity contribution in [3.63, 3.8) is 0 Å². The summed E-state index contributed by atoms with van der Waals surface area (Å²) in [5, 5.41) is 18.9. The molecule has 1 aliphatic rings. The molecule has 8 heteroatoms. The number of hydrogen-bond acceptors (Lipinski definition) is 5. The highest BCUT2D eigenvalue weighted by Crippen LogP contribution is 2.30. The summed E-state index contributed by atoms with van der Waals surface area (Å²) >= 11 is 0. The second kappa shape index (κ2) is 11.1. The van der Waals surface area contributed by atoms with Gasteiger partial charge < -0.3 is 30.7 Å². The number of aliphatic imine (C=N–C) groups is 1. The Hall–Kier alpha value is -3.42. The Morgan fingerprint density at radius 3 is 2.71 bits per heavy atom. The molecule has 1 heterocycles. The molecular weight excluding hydrogens is 394 g/mol. The van der Waals surface area contributed by atoms with E-state index >= 15 is 0 Å². The molecule has 3 rings (SSSR count). The minimum atomic E-state index is -0.184. The highest BCUT2D eigenvalue weighted by atomic mass is 16.5. The summed E-state index contributed by atoms with van der Waals surface area (Å²) in [6, 6.07) is 14.5. The summed E-state index contributed by atoms with van der Waals surface area (Å²) < 4.78 is 5.49. The molecule has 0 aliphatic carbocycles. The molecule has 31 heavy (non-hydrogen) atoms. The molecule has 1 aliphatic heterocycles. The molecule has 166 valence electrons. The number of rotatable bonds is 8. The number of carbonyl (C=O) groups excluding carboxylic acids is 1. The van der Waals surface area contributed by atoms with Gasteiger partial charge in [0.25, 0.3) is 5.91 Å². The molecule has 2 aromatic rings. The van der Waals surface area contributed by atoms with Crippen LogP contribution in [0.2, 0.25) is 0 Å². The fraction of sp³-hybridized carbons (Fsp3) is 0.391. The number of methoxy groups -OCH3 is 1. The Morgan fingerprint density at radius 1 is 1.19 bits per heavy atom. The Balaban J connectivity index is 1.49. The number of guanidine groups is 1. The summed E-state index contributed by atoms with van der Waals surface area (Å²) in [5.74, 6) is 1.58. The lowest BCUT2D eigenvalue weighted by atomic mass is 10.2. The van der Waals surface area contributed by atoms with Crippen molar-refractivity contribution in [3.8, 4) is 11.5 Å². The molecule has 1 unspecified atom stereocenters. The topological polar surface area (TPSA) is 98.2 Å². The van der Waals surface area contributed by atoms with Gasteiger partial charge in [0.15, 0.2) is 5.96 Å². The smallest absolute Gasteiger partial charge is 0.251 e. The van der Waals surface area contributed by atoms with Crippen molar-refractivity contribution in [2.75, 3.05) is 44.7 Å². The molecule has 1 fully saturated rings. The zero-order valence-electron chi connectivity index (χ0n) is 18.1. The van der Waals surface area contributed by atoms with E-state index in [-0.39, 0.29) is 17.7 Å². The molecule has 1 saturated heterocycles. The fourth-order valence-corrected chi connectivity index (χ4v) is 3.55. The summed E-state index contributed by atoms with van der Waals surface area (Å²) in [6.07, 6.45) is 1.00. The standard InChI is InChI=1S/C23H31N5O3/c1-3-24-23(26-14-13-25-22(30)17-8-10-19(29)11-9-17)27-18-12-15-28(16-18)20-6-4-5-7-21(20)31-2/h4-11,18,29H,3,12-16H2,1-2H3,(H,25,30)(H2,24,26,27). The zero-order chi connectivity index (χ0) is 22.1. The maximum atomic E-state index is 12.1. The van der Waals surface area contributed by atoms with E-state index in [2.05, 4.69) is 31.9 Å². The zero-order valence-corrected chi connectivity index (χ0v) is 18.1. The first kappa shape index (κ1) is 22.3. The quantitative estimate of drug-likeness (QED) is 0.293. The molecule has 4 N–H and O–H groups in total. The number of phenols is 1. The van der Waals surface area contributed by atoms with E-state index < -0.39 is 0 Å². The van der Waals surface area contributed by atoms with Crippen molar-refractivity contribution in [2.45, 2.75) is 19.4 Å². The molecule has 0 bridgehead atoms. The van der Waals surface area contributed by atoms with Gasteiger partial charge in [0.1, 0.15) is 11.5 Å². The third-order valence-electron chi connectivity index (χ3n) is 5.10. The summed E-state index contributed by atoms with van der Waals surface area (Å²) in [6.45, 7) is 5.48. The molecule has 0 radical (unpaired) electrons. The fourth-order valence-electron chi connectivity index (χ4n) is 3.55. The lowest BCUT2D eigenvalue weighted by molar-refractivity contribution is 0.0955. The highest BCUT2D eigenvalue weighted by Gasteiger charge is 2.25. The normalized spacial score (nSPS) is 16.1. The lowest BCUT2D eigenvalue weighted by Crippen LogP contribution is -2.45. The number of benzene rings is 2. The number of nitrogens with zero attached hydrogens (tertiary/aromatic N) is 2. The van der Waals surface area contributed by atoms with Crippen molar-refractivity contribution in [1.82, 2.24) is 16.0 Å². The second-order valence-electron chi connectivity index (χ2n) is 7.31. The average molecular weight is 426 g/mol. The van der Waals surface area contributed by atoms with Crippen molar-refractivity contribution >= 4 is 17.6 Å². The van der Waals surface area contributed by atoms with Crippen LogP contribution in [0.15, 0.2) is 53.5 Å². The Kier molecular flexibility index (Phi) is 7.98. The number of anilines is 1. The van der Waals surface area contributed by atoms with Gasteiger partial charge in [0, 0.05) is 37.8 Å². The highest BCUT2D eigenvalue weighted by molar-refractivity contribution is 5.94. The van der Waals surface area contributed by atoms with Crippen molar-refractivity contribution in [3.05, 3.63) is 54.1 Å². The number of para-hydroxylation sites is 2. The molecule has 8 nitrogen and oxygen atoms in total. The van der Waals surface area contributed by atoms with E-state index in [1.165, 1.54) is 12.1 Å². The first-order chi connectivity index (χ1) is 15.1. The van der Waals surface area contributed by atoms with Gasteiger partial charge in [-0.25, -0.2) is 0 Å². The number of aromatic hydroxyl groups is 1. The largest absolute Gasteiger partial charge is 0.508 e. The van der Waals surface area contributed by atoms with E-state index in [1.54, 1.807) is 19.2 Å². The van der Waals surface area contributed by atoms with Crippen LogP contribution < -0.4 is 25.6 Å². The van der Waals surface area contributed by atoms with E-state index in [0.717, 1.165) is 43.5 Å². The van der Waals surface area contributed by atoms with E-state index in [0.29, 0.717) is 18.7 Å². The van der Waals surface area contributed by atoms with Gasteiger partial charge in [-0.15, -0.1) is 0 Å². The van der Waals surface area contributed by atoms with Crippen LogP contribution in [0.5, 0.6) is 11.5 Å². The maximum Gasteiger partial charge on any atom is 0.251 e. The van der Waals surface area contributed by atoms with Crippen LogP contribution in [-0.2, 0) is 0 Å². The molecule has 2 aromatic carbocycles. The predicted molar refractivity (Wildman–Crippen MR) is 123 cm³/mol. The van der Waals surface area contributed by atoms with Crippen LogP contribution >= 0.6 is 0 Å². The SMILES string of the molecule is CCNC(=NCCNC(=O)c1ccc(O)cc1)NC1CCN(c2ccccc2OC)C1. The molecule has 0 aromatic heterocycles. The Morgan fingerprint density at radius 2 is 1.97 bits per heavy atom. The molecule has 0 saturated carbocycles. The van der Waals surface area contributed by atoms with E-state index in [9.17, 15) is 9.90 Å². The maximum absolute atomic E-state index is 12.1. The van der Waals surface area contributed by atoms with Crippen LogP contribution in [0.4, 0.5) is 5.69 Å². The third-order valence-corrected chi connectivity index (χ3v) is 5.10. The van der Waals surface area contributed by atoms with Gasteiger partial charge in [0.05, 0.1) is 19.3 Å². The first-order valence-electron chi connectivity index (χ1n) is 10.6. The van der Waals surface area contributed by atoms with Crippen molar-refractivity contribution in [1.29, 1.82) is 0 Å². The number of amides is 1. The number of carbonyl (C=O) groups is 1. The van der Waals surface area contributed by atoms with Gasteiger partial charge in [0.2, 0.25) is 0 Å². The average Bonchev–Trinajstić information content (AvgIpc) is 3.25. The van der Waals surface area contributed by atoms with Gasteiger partial charge in [-0.3, -0.25) is 9.79 Å². The molecule has 1 atom stereocenters. The molecule has 1 amide bonds. The predicted octanol–water partition coefficient (Wildman–Crippen LogP) is 1.96. The monoisotopic (exact) mass is 425 g/mol. The molecule has 0 spiro atoms. The van der Waals surface area contributed by atoms with Crippen LogP contribution in [0.1, 0.15) is 23.7 Å². The molecular formula is C23H31N5O3. The lowest BCUT2D eigenvalue weighted by Gasteiger charge is -2.22. The van der Waals surface area contributed by atoms with Crippen LogP contribution in [0.25, 0.3) is 0 Å². The summed E-state index contributed by atoms with van der Waals surface area (Å²) in [5.41, 5.74) is 1.61. The summed E-state index contributed by atoms with van der Waals surface area (Å²) in [7, 11) is 1.70. The third kappa shape index (κ3) is 6.28. The van der Waals surface area contributed by atoms with Gasteiger partial charge in [-0.05, 0) is 49.7 Å².